The molecule has 170 valence electrons. The Morgan fingerprint density at radius 1 is 1.03 bits per heavy atom. The van der Waals surface area contributed by atoms with Crippen molar-refractivity contribution in [2.75, 3.05) is 40.5 Å². The first-order valence-electron chi connectivity index (χ1n) is 10.3. The minimum Gasteiger partial charge on any atom is -0.425 e. The summed E-state index contributed by atoms with van der Waals surface area (Å²) < 4.78 is 34.2. The number of esters is 1. The lowest BCUT2D eigenvalue weighted by molar-refractivity contribution is -0.415. The molecule has 0 amide bonds. The molecule has 0 unspecified atom stereocenters. The fourth-order valence-corrected chi connectivity index (χ4v) is 3.50. The van der Waals surface area contributed by atoms with Crippen LogP contribution < -0.4 is 0 Å². The van der Waals surface area contributed by atoms with Crippen molar-refractivity contribution in [2.45, 2.75) is 58.2 Å². The molecule has 0 saturated carbocycles. The summed E-state index contributed by atoms with van der Waals surface area (Å²) in [6.45, 7) is 9.13. The normalized spacial score (nSPS) is 26.9. The number of hydrogen-bond donors (Lipinski definition) is 0. The molecule has 1 aromatic carbocycles. The van der Waals surface area contributed by atoms with E-state index < -0.39 is 29.9 Å². The first-order chi connectivity index (χ1) is 14.3. The van der Waals surface area contributed by atoms with Crippen LogP contribution in [0.15, 0.2) is 30.3 Å². The molecular weight excluding hydrogens is 390 g/mol. The van der Waals surface area contributed by atoms with E-state index in [2.05, 4.69) is 0 Å². The Morgan fingerprint density at radius 2 is 1.63 bits per heavy atom. The number of carbonyl (C=O) groups excluding carboxylic acids is 1. The van der Waals surface area contributed by atoms with Gasteiger partial charge in [0.05, 0.1) is 0 Å². The SMILES string of the molecule is CCO[C@@]1(C)OC(=O)[C@@H](CN(Cc2ccccc2)CC(OC)OC)O[C@]1(C)OCC. The van der Waals surface area contributed by atoms with E-state index in [-0.39, 0.29) is 6.54 Å². The summed E-state index contributed by atoms with van der Waals surface area (Å²) in [7, 11) is 3.17. The smallest absolute Gasteiger partial charge is 0.339 e. The van der Waals surface area contributed by atoms with E-state index in [1.54, 1.807) is 28.1 Å². The largest absolute Gasteiger partial charge is 0.425 e. The van der Waals surface area contributed by atoms with Gasteiger partial charge in [0.2, 0.25) is 5.79 Å². The Balaban J connectivity index is 2.21. The summed E-state index contributed by atoms with van der Waals surface area (Å²) in [5.74, 6) is -3.07. The maximum atomic E-state index is 12.8. The van der Waals surface area contributed by atoms with Crippen LogP contribution in [0.1, 0.15) is 33.3 Å². The molecule has 1 aliphatic rings. The number of hydrogen-bond acceptors (Lipinski definition) is 8. The fourth-order valence-electron chi connectivity index (χ4n) is 3.50. The number of ether oxygens (including phenoxy) is 6. The van der Waals surface area contributed by atoms with Crippen molar-refractivity contribution in [1.82, 2.24) is 4.90 Å². The van der Waals surface area contributed by atoms with E-state index in [1.807, 2.05) is 49.1 Å². The van der Waals surface area contributed by atoms with E-state index in [0.717, 1.165) is 5.56 Å². The van der Waals surface area contributed by atoms with Crippen LogP contribution in [-0.4, -0.2) is 75.4 Å². The molecule has 1 saturated heterocycles. The zero-order valence-electron chi connectivity index (χ0n) is 18.9. The summed E-state index contributed by atoms with van der Waals surface area (Å²) in [6, 6.07) is 9.96. The average Bonchev–Trinajstić information content (AvgIpc) is 2.71. The highest BCUT2D eigenvalue weighted by molar-refractivity contribution is 5.76. The third-order valence-electron chi connectivity index (χ3n) is 5.20. The first kappa shape index (κ1) is 24.7. The number of rotatable bonds is 12. The van der Waals surface area contributed by atoms with Gasteiger partial charge >= 0.3 is 5.97 Å². The van der Waals surface area contributed by atoms with Crippen molar-refractivity contribution < 1.29 is 33.2 Å². The van der Waals surface area contributed by atoms with Gasteiger partial charge in [0.25, 0.3) is 5.79 Å². The Morgan fingerprint density at radius 3 is 2.20 bits per heavy atom. The molecule has 2 rings (SSSR count). The quantitative estimate of drug-likeness (QED) is 0.374. The van der Waals surface area contributed by atoms with Crippen molar-refractivity contribution in [2.24, 2.45) is 0 Å². The summed E-state index contributed by atoms with van der Waals surface area (Å²) >= 11 is 0. The predicted octanol–water partition coefficient (Wildman–Crippen LogP) is 2.55. The number of cyclic esters (lactones) is 1. The standard InChI is InChI=1S/C22H35NO7/c1-7-27-21(3)22(4,28-8-2)30-20(24)18(29-21)15-23(16-19(25-5)26-6)14-17-12-10-9-11-13-17/h9-13,18-19H,7-8,14-16H2,1-6H3/t18-,21+,22+/m1/s1. The molecule has 1 aliphatic heterocycles. The van der Waals surface area contributed by atoms with Gasteiger partial charge in [0, 0.05) is 54.0 Å². The van der Waals surface area contributed by atoms with E-state index in [1.165, 1.54) is 0 Å². The number of nitrogens with zero attached hydrogens (tertiary/aromatic N) is 1. The van der Waals surface area contributed by atoms with Gasteiger partial charge < -0.3 is 28.4 Å². The zero-order valence-corrected chi connectivity index (χ0v) is 18.9. The van der Waals surface area contributed by atoms with Gasteiger partial charge in [0.15, 0.2) is 12.4 Å². The van der Waals surface area contributed by atoms with Crippen molar-refractivity contribution in [1.29, 1.82) is 0 Å². The van der Waals surface area contributed by atoms with Crippen LogP contribution in [-0.2, 0) is 39.8 Å². The topological polar surface area (TPSA) is 75.7 Å². The maximum Gasteiger partial charge on any atom is 0.339 e. The van der Waals surface area contributed by atoms with Crippen molar-refractivity contribution in [3.05, 3.63) is 35.9 Å². The van der Waals surface area contributed by atoms with Crippen molar-refractivity contribution >= 4 is 5.97 Å². The fraction of sp³-hybridized carbons (Fsp3) is 0.682. The van der Waals surface area contributed by atoms with Gasteiger partial charge in [-0.25, -0.2) is 4.79 Å². The molecular formula is C22H35NO7. The molecule has 30 heavy (non-hydrogen) atoms. The lowest BCUT2D eigenvalue weighted by Gasteiger charge is -2.49. The second-order valence-electron chi connectivity index (χ2n) is 7.37. The van der Waals surface area contributed by atoms with Gasteiger partial charge in [-0.1, -0.05) is 30.3 Å². The van der Waals surface area contributed by atoms with Crippen molar-refractivity contribution in [3.63, 3.8) is 0 Å². The van der Waals surface area contributed by atoms with Gasteiger partial charge in [-0.2, -0.15) is 0 Å². The minimum atomic E-state index is -1.34. The second-order valence-corrected chi connectivity index (χ2v) is 7.37. The molecule has 0 aromatic heterocycles. The Bertz CT molecular complexity index is 654. The number of benzene rings is 1. The molecule has 1 aromatic rings. The minimum absolute atomic E-state index is 0.280. The molecule has 3 atom stereocenters. The Kier molecular flexibility index (Phi) is 9.21. The monoisotopic (exact) mass is 425 g/mol. The highest BCUT2D eigenvalue weighted by Crippen LogP contribution is 2.38. The predicted molar refractivity (Wildman–Crippen MR) is 111 cm³/mol. The molecule has 0 bridgehead atoms. The van der Waals surface area contributed by atoms with Crippen LogP contribution in [0.25, 0.3) is 0 Å². The highest BCUT2D eigenvalue weighted by Gasteiger charge is 2.58. The third kappa shape index (κ3) is 6.00. The lowest BCUT2D eigenvalue weighted by atomic mass is 10.1. The zero-order chi connectivity index (χ0) is 22.2. The molecule has 0 N–H and O–H groups in total. The van der Waals surface area contributed by atoms with Crippen LogP contribution in [0.2, 0.25) is 0 Å². The highest BCUT2D eigenvalue weighted by atomic mass is 16.8. The van der Waals surface area contributed by atoms with Gasteiger partial charge in [-0.05, 0) is 26.3 Å². The molecule has 8 nitrogen and oxygen atoms in total. The summed E-state index contributed by atoms with van der Waals surface area (Å²) in [5, 5.41) is 0. The molecule has 8 heteroatoms. The Hall–Kier alpha value is -1.55. The summed E-state index contributed by atoms with van der Waals surface area (Å²) in [4.78, 5) is 14.9. The number of methoxy groups -OCH3 is 2. The molecule has 0 radical (unpaired) electrons. The molecule has 1 fully saturated rings. The molecule has 0 spiro atoms. The van der Waals surface area contributed by atoms with E-state index in [0.29, 0.717) is 26.3 Å². The van der Waals surface area contributed by atoms with Gasteiger partial charge in [-0.3, -0.25) is 4.90 Å². The van der Waals surface area contributed by atoms with Crippen LogP contribution in [0.4, 0.5) is 0 Å². The second kappa shape index (κ2) is 11.2. The number of carbonyl (C=O) groups is 1. The van der Waals surface area contributed by atoms with Crippen LogP contribution in [0.5, 0.6) is 0 Å². The first-order valence-corrected chi connectivity index (χ1v) is 10.3. The van der Waals surface area contributed by atoms with Crippen LogP contribution >= 0.6 is 0 Å². The Labute approximate surface area is 179 Å². The van der Waals surface area contributed by atoms with E-state index >= 15 is 0 Å². The summed E-state index contributed by atoms with van der Waals surface area (Å²) in [6.07, 6.45) is -1.30. The maximum absolute atomic E-state index is 12.8. The van der Waals surface area contributed by atoms with Crippen LogP contribution in [0, 0.1) is 0 Å². The van der Waals surface area contributed by atoms with Gasteiger partial charge in [0.1, 0.15) is 0 Å². The molecule has 0 aliphatic carbocycles. The van der Waals surface area contributed by atoms with E-state index in [4.69, 9.17) is 28.4 Å². The van der Waals surface area contributed by atoms with Gasteiger partial charge in [-0.15, -0.1) is 0 Å². The summed E-state index contributed by atoms with van der Waals surface area (Å²) in [5.41, 5.74) is 1.10. The molecule has 1 heterocycles. The van der Waals surface area contributed by atoms with Crippen LogP contribution in [0.3, 0.4) is 0 Å². The average molecular weight is 426 g/mol. The lowest BCUT2D eigenvalue weighted by Crippen LogP contribution is -2.66. The van der Waals surface area contributed by atoms with E-state index in [9.17, 15) is 4.79 Å². The van der Waals surface area contributed by atoms with Crippen molar-refractivity contribution in [3.8, 4) is 0 Å². The third-order valence-corrected chi connectivity index (χ3v) is 5.20.